The number of para-hydroxylation sites is 1. The second kappa shape index (κ2) is 8.95. The van der Waals surface area contributed by atoms with Gasteiger partial charge in [-0.3, -0.25) is 0 Å². The molecule has 1 heterocycles. The predicted molar refractivity (Wildman–Crippen MR) is 98.3 cm³/mol. The number of anilines is 1. The molecule has 0 fully saturated rings. The number of hydrogen-bond acceptors (Lipinski definition) is 5. The normalized spacial score (nSPS) is 12.6. The number of aliphatic hydroxyl groups excluding tert-OH is 1. The van der Waals surface area contributed by atoms with Gasteiger partial charge in [0.2, 0.25) is 10.0 Å². The van der Waals surface area contributed by atoms with Crippen LogP contribution in [0.25, 0.3) is 0 Å². The summed E-state index contributed by atoms with van der Waals surface area (Å²) in [6.45, 7) is 0.222. The van der Waals surface area contributed by atoms with E-state index in [-0.39, 0.29) is 29.7 Å². The molecule has 2 aromatic rings. The third-order valence-electron chi connectivity index (χ3n) is 3.61. The van der Waals surface area contributed by atoms with Gasteiger partial charge in [0.25, 0.3) is 0 Å². The number of urea groups is 1. The molecular formula is C16H21N3O4S2. The minimum absolute atomic E-state index is 0.00960. The lowest BCUT2D eigenvalue weighted by molar-refractivity contribution is 0.218. The molecule has 0 saturated carbocycles. The Bertz CT molecular complexity index is 791. The van der Waals surface area contributed by atoms with Crippen LogP contribution in [0.4, 0.5) is 10.5 Å². The summed E-state index contributed by atoms with van der Waals surface area (Å²) in [5.74, 6) is -0.114. The van der Waals surface area contributed by atoms with Gasteiger partial charge in [0, 0.05) is 19.1 Å². The van der Waals surface area contributed by atoms with Gasteiger partial charge in [0.1, 0.15) is 4.90 Å². The van der Waals surface area contributed by atoms with Crippen molar-refractivity contribution in [2.75, 3.05) is 25.5 Å². The summed E-state index contributed by atoms with van der Waals surface area (Å²) in [5.41, 5.74) is 1.30. The van der Waals surface area contributed by atoms with Gasteiger partial charge in [-0.2, -0.15) is 11.3 Å². The van der Waals surface area contributed by atoms with Crippen molar-refractivity contribution < 1.29 is 18.3 Å². The van der Waals surface area contributed by atoms with Gasteiger partial charge >= 0.3 is 6.03 Å². The van der Waals surface area contributed by atoms with Crippen LogP contribution in [0.5, 0.6) is 0 Å². The maximum Gasteiger partial charge on any atom is 0.319 e. The number of rotatable bonds is 8. The smallest absolute Gasteiger partial charge is 0.319 e. The number of hydrogen-bond donors (Lipinski definition) is 4. The zero-order valence-electron chi connectivity index (χ0n) is 13.7. The van der Waals surface area contributed by atoms with Gasteiger partial charge < -0.3 is 15.7 Å². The highest BCUT2D eigenvalue weighted by Crippen LogP contribution is 2.20. The number of amides is 2. The number of sulfonamides is 1. The largest absolute Gasteiger partial charge is 0.396 e. The Morgan fingerprint density at radius 1 is 1.28 bits per heavy atom. The molecule has 2 rings (SSSR count). The molecule has 1 atom stereocenters. The van der Waals surface area contributed by atoms with Crippen molar-refractivity contribution in [3.05, 3.63) is 46.7 Å². The van der Waals surface area contributed by atoms with Gasteiger partial charge in [0.15, 0.2) is 0 Å². The lowest BCUT2D eigenvalue weighted by Gasteiger charge is -2.16. The summed E-state index contributed by atoms with van der Waals surface area (Å²) in [6, 6.07) is 7.59. The van der Waals surface area contributed by atoms with Crippen LogP contribution < -0.4 is 15.4 Å². The molecule has 0 saturated heterocycles. The fourth-order valence-electron chi connectivity index (χ4n) is 2.26. The first kappa shape index (κ1) is 19.4. The highest BCUT2D eigenvalue weighted by Gasteiger charge is 2.18. The Kier molecular flexibility index (Phi) is 6.94. The van der Waals surface area contributed by atoms with Crippen LogP contribution >= 0.6 is 11.3 Å². The summed E-state index contributed by atoms with van der Waals surface area (Å²) in [4.78, 5) is 12.1. The molecule has 0 radical (unpaired) electrons. The van der Waals surface area contributed by atoms with E-state index in [0.29, 0.717) is 6.42 Å². The lowest BCUT2D eigenvalue weighted by Crippen LogP contribution is -2.35. The second-order valence-corrected chi connectivity index (χ2v) is 8.06. The van der Waals surface area contributed by atoms with Gasteiger partial charge in [-0.05, 0) is 48.0 Å². The fourth-order valence-corrected chi connectivity index (χ4v) is 3.83. The van der Waals surface area contributed by atoms with E-state index >= 15 is 0 Å². The van der Waals surface area contributed by atoms with Crippen molar-refractivity contribution in [1.29, 1.82) is 0 Å². The molecule has 1 aromatic heterocycles. The highest BCUT2D eigenvalue weighted by molar-refractivity contribution is 7.89. The second-order valence-electron chi connectivity index (χ2n) is 5.42. The summed E-state index contributed by atoms with van der Waals surface area (Å²) < 4.78 is 26.2. The quantitative estimate of drug-likeness (QED) is 0.556. The molecule has 4 N–H and O–H groups in total. The number of aliphatic hydroxyl groups is 1. The van der Waals surface area contributed by atoms with E-state index in [1.807, 2.05) is 16.8 Å². The molecule has 0 aliphatic carbocycles. The van der Waals surface area contributed by atoms with E-state index in [1.54, 1.807) is 23.5 Å². The first-order chi connectivity index (χ1) is 12.0. The molecular weight excluding hydrogens is 362 g/mol. The monoisotopic (exact) mass is 383 g/mol. The Morgan fingerprint density at radius 3 is 2.68 bits per heavy atom. The molecule has 9 heteroatoms. The topological polar surface area (TPSA) is 108 Å². The van der Waals surface area contributed by atoms with Crippen LogP contribution in [0.15, 0.2) is 46.0 Å². The van der Waals surface area contributed by atoms with Crippen LogP contribution in [-0.4, -0.2) is 39.8 Å². The van der Waals surface area contributed by atoms with Gasteiger partial charge in [-0.1, -0.05) is 12.1 Å². The number of benzene rings is 1. The van der Waals surface area contributed by atoms with Crippen molar-refractivity contribution in [3.8, 4) is 0 Å². The van der Waals surface area contributed by atoms with E-state index in [1.165, 1.54) is 19.2 Å². The minimum Gasteiger partial charge on any atom is -0.396 e. The maximum absolute atomic E-state index is 12.1. The lowest BCUT2D eigenvalue weighted by atomic mass is 10.0. The summed E-state index contributed by atoms with van der Waals surface area (Å²) >= 11 is 1.58. The maximum atomic E-state index is 12.1. The Balaban J connectivity index is 1.96. The third kappa shape index (κ3) is 5.53. The van der Waals surface area contributed by atoms with Crippen molar-refractivity contribution >= 4 is 33.1 Å². The van der Waals surface area contributed by atoms with Gasteiger partial charge in [0.05, 0.1) is 5.69 Å². The third-order valence-corrected chi connectivity index (χ3v) is 5.81. The fraction of sp³-hybridized carbons (Fsp3) is 0.312. The van der Waals surface area contributed by atoms with Crippen molar-refractivity contribution in [3.63, 3.8) is 0 Å². The molecule has 0 unspecified atom stereocenters. The summed E-state index contributed by atoms with van der Waals surface area (Å²) in [6.07, 6.45) is 0.658. The molecule has 136 valence electrons. The summed E-state index contributed by atoms with van der Waals surface area (Å²) in [7, 11) is -2.37. The molecule has 0 bridgehead atoms. The molecule has 1 aromatic carbocycles. The van der Waals surface area contributed by atoms with E-state index < -0.39 is 16.1 Å². The van der Waals surface area contributed by atoms with Gasteiger partial charge in [-0.15, -0.1) is 0 Å². The molecule has 0 aliphatic heterocycles. The van der Waals surface area contributed by atoms with Crippen molar-refractivity contribution in [2.24, 2.45) is 5.92 Å². The molecule has 0 spiro atoms. The number of carbonyl (C=O) groups excluding carboxylic acids is 1. The summed E-state index contributed by atoms with van der Waals surface area (Å²) in [5, 5.41) is 18.6. The van der Waals surface area contributed by atoms with Crippen LogP contribution in [0.3, 0.4) is 0 Å². The minimum atomic E-state index is -3.68. The molecule has 2 amide bonds. The molecule has 25 heavy (non-hydrogen) atoms. The average Bonchev–Trinajstić information content (AvgIpc) is 3.12. The number of nitrogens with one attached hydrogen (secondary N) is 3. The number of thiophene rings is 1. The van der Waals surface area contributed by atoms with Crippen LogP contribution in [0.1, 0.15) is 5.56 Å². The highest BCUT2D eigenvalue weighted by atomic mass is 32.2. The van der Waals surface area contributed by atoms with E-state index in [4.69, 9.17) is 0 Å². The van der Waals surface area contributed by atoms with E-state index in [2.05, 4.69) is 15.4 Å². The van der Waals surface area contributed by atoms with Crippen LogP contribution in [0.2, 0.25) is 0 Å². The zero-order valence-corrected chi connectivity index (χ0v) is 15.4. The predicted octanol–water partition coefficient (Wildman–Crippen LogP) is 1.63. The molecule has 7 nitrogen and oxygen atoms in total. The zero-order chi connectivity index (χ0) is 18.3. The first-order valence-electron chi connectivity index (χ1n) is 7.65. The van der Waals surface area contributed by atoms with E-state index in [0.717, 1.165) is 5.56 Å². The molecule has 0 aliphatic rings. The average molecular weight is 383 g/mol. The Morgan fingerprint density at radius 2 is 2.04 bits per heavy atom. The number of carbonyl (C=O) groups is 1. The van der Waals surface area contributed by atoms with Crippen LogP contribution in [-0.2, 0) is 16.4 Å². The first-order valence-corrected chi connectivity index (χ1v) is 10.1. The van der Waals surface area contributed by atoms with E-state index in [9.17, 15) is 18.3 Å². The van der Waals surface area contributed by atoms with Gasteiger partial charge in [-0.25, -0.2) is 17.9 Å². The SMILES string of the molecule is CNS(=O)(=O)c1ccccc1NC(=O)NC[C@H](CO)Cc1ccsc1. The Hall–Kier alpha value is -1.94. The Labute approximate surface area is 151 Å². The standard InChI is InChI=1S/C16H21N3O4S2/c1-17-25(22,23)15-5-3-2-4-14(15)19-16(21)18-9-13(10-20)8-12-6-7-24-11-12/h2-7,11,13,17,20H,8-10H2,1H3,(H2,18,19,21)/t13-/m1/s1. The van der Waals surface area contributed by atoms with Crippen molar-refractivity contribution in [1.82, 2.24) is 10.0 Å². The van der Waals surface area contributed by atoms with Crippen LogP contribution in [0, 0.1) is 5.92 Å². The van der Waals surface area contributed by atoms with Crippen molar-refractivity contribution in [2.45, 2.75) is 11.3 Å².